The first-order valence-corrected chi connectivity index (χ1v) is 12.3. The van der Waals surface area contributed by atoms with E-state index in [4.69, 9.17) is 28.3 Å². The second kappa shape index (κ2) is 9.01. The number of fused-ring (bicyclic) bond motifs is 1. The Hall–Kier alpha value is -1.75. The molecule has 3 aromatic rings. The summed E-state index contributed by atoms with van der Waals surface area (Å²) in [5.74, 6) is 0. The van der Waals surface area contributed by atoms with Gasteiger partial charge in [0.15, 0.2) is 0 Å². The molecule has 2 aliphatic heterocycles. The standard InChI is InChI=1S/C25H30Cl2N4/c1-18(23-8-6-20(26)15-24(23)27)31-25-16-22(7-5-19(25)17-28-31)30-13-9-21(10-14-30)29-11-3-2-4-12-29/h5-8,15-18,21H,2-4,9-14H2,1H3. The summed E-state index contributed by atoms with van der Waals surface area (Å²) in [6.07, 6.45) is 8.61. The third-order valence-corrected chi connectivity index (χ3v) is 7.66. The molecule has 1 aromatic heterocycles. The molecule has 1 atom stereocenters. The van der Waals surface area contributed by atoms with E-state index in [1.165, 1.54) is 50.9 Å². The van der Waals surface area contributed by atoms with Crippen LogP contribution < -0.4 is 4.90 Å². The van der Waals surface area contributed by atoms with E-state index in [2.05, 4.69) is 39.6 Å². The molecule has 31 heavy (non-hydrogen) atoms. The number of halogens is 2. The molecule has 164 valence electrons. The molecule has 2 aliphatic rings. The molecule has 4 nitrogen and oxygen atoms in total. The smallest absolute Gasteiger partial charge is 0.0761 e. The molecule has 6 heteroatoms. The van der Waals surface area contributed by atoms with Gasteiger partial charge in [-0.05, 0) is 81.6 Å². The van der Waals surface area contributed by atoms with Gasteiger partial charge < -0.3 is 9.80 Å². The van der Waals surface area contributed by atoms with Crippen molar-refractivity contribution in [3.63, 3.8) is 0 Å². The highest BCUT2D eigenvalue weighted by Gasteiger charge is 2.26. The van der Waals surface area contributed by atoms with Crippen LogP contribution in [0.2, 0.25) is 10.0 Å². The third-order valence-electron chi connectivity index (χ3n) is 7.10. The average molecular weight is 457 g/mol. The highest BCUT2D eigenvalue weighted by Crippen LogP contribution is 2.32. The number of piperidine rings is 2. The quantitative estimate of drug-likeness (QED) is 0.453. The van der Waals surface area contributed by atoms with Gasteiger partial charge in [0.1, 0.15) is 0 Å². The van der Waals surface area contributed by atoms with E-state index in [9.17, 15) is 0 Å². The maximum atomic E-state index is 6.49. The van der Waals surface area contributed by atoms with Gasteiger partial charge in [0.25, 0.3) is 0 Å². The fraction of sp³-hybridized carbons (Fsp3) is 0.480. The number of hydrogen-bond donors (Lipinski definition) is 0. The van der Waals surface area contributed by atoms with E-state index in [1.54, 1.807) is 6.07 Å². The second-order valence-electron chi connectivity index (χ2n) is 8.99. The molecule has 0 N–H and O–H groups in total. The topological polar surface area (TPSA) is 24.3 Å². The Morgan fingerprint density at radius 1 is 0.935 bits per heavy atom. The predicted molar refractivity (Wildman–Crippen MR) is 131 cm³/mol. The van der Waals surface area contributed by atoms with Crippen molar-refractivity contribution in [2.75, 3.05) is 31.1 Å². The van der Waals surface area contributed by atoms with Gasteiger partial charge in [-0.15, -0.1) is 0 Å². The minimum absolute atomic E-state index is 0.0300. The first-order chi connectivity index (χ1) is 15.1. The zero-order valence-corrected chi connectivity index (χ0v) is 19.6. The van der Waals surface area contributed by atoms with Gasteiger partial charge in [0, 0.05) is 40.3 Å². The molecule has 2 aromatic carbocycles. The summed E-state index contributed by atoms with van der Waals surface area (Å²) in [5, 5.41) is 7.19. The molecule has 5 rings (SSSR count). The summed E-state index contributed by atoms with van der Waals surface area (Å²) in [4.78, 5) is 5.27. The van der Waals surface area contributed by atoms with Crippen molar-refractivity contribution in [3.05, 3.63) is 58.2 Å². The van der Waals surface area contributed by atoms with Crippen LogP contribution in [0, 0.1) is 0 Å². The van der Waals surface area contributed by atoms with E-state index < -0.39 is 0 Å². The number of anilines is 1. The second-order valence-corrected chi connectivity index (χ2v) is 9.83. The van der Waals surface area contributed by atoms with Gasteiger partial charge in [-0.25, -0.2) is 0 Å². The molecule has 0 bridgehead atoms. The van der Waals surface area contributed by atoms with Gasteiger partial charge in [-0.3, -0.25) is 4.68 Å². The van der Waals surface area contributed by atoms with E-state index >= 15 is 0 Å². The Labute approximate surface area is 194 Å². The summed E-state index contributed by atoms with van der Waals surface area (Å²) < 4.78 is 2.08. The minimum Gasteiger partial charge on any atom is -0.371 e. The van der Waals surface area contributed by atoms with Crippen LogP contribution in [-0.2, 0) is 0 Å². The lowest BCUT2D eigenvalue weighted by molar-refractivity contribution is 0.141. The summed E-state index contributed by atoms with van der Waals surface area (Å²) in [6, 6.07) is 13.2. The fourth-order valence-corrected chi connectivity index (χ4v) is 5.84. The van der Waals surface area contributed by atoms with Crippen LogP contribution in [0.15, 0.2) is 42.6 Å². The SMILES string of the molecule is CC(c1ccc(Cl)cc1Cl)n1ncc2ccc(N3CCC(N4CCCCC4)CC3)cc21. The van der Waals surface area contributed by atoms with Gasteiger partial charge in [-0.1, -0.05) is 35.7 Å². The molecular weight excluding hydrogens is 427 g/mol. The first-order valence-electron chi connectivity index (χ1n) is 11.5. The zero-order valence-electron chi connectivity index (χ0n) is 18.1. The number of nitrogens with zero attached hydrogens (tertiary/aromatic N) is 4. The molecular formula is C25H30Cl2N4. The molecule has 2 fully saturated rings. The number of benzene rings is 2. The summed E-state index contributed by atoms with van der Waals surface area (Å²) in [5.41, 5.74) is 3.47. The predicted octanol–water partition coefficient (Wildman–Crippen LogP) is 6.41. The van der Waals surface area contributed by atoms with E-state index in [0.717, 1.165) is 35.6 Å². The Bertz CT molecular complexity index is 1050. The molecule has 0 aliphatic carbocycles. The third kappa shape index (κ3) is 4.30. The van der Waals surface area contributed by atoms with Crippen LogP contribution in [-0.4, -0.2) is 46.9 Å². The Morgan fingerprint density at radius 3 is 2.45 bits per heavy atom. The number of aromatic nitrogens is 2. The lowest BCUT2D eigenvalue weighted by Crippen LogP contribution is -2.46. The number of rotatable bonds is 4. The highest BCUT2D eigenvalue weighted by atomic mass is 35.5. The van der Waals surface area contributed by atoms with Crippen molar-refractivity contribution in [3.8, 4) is 0 Å². The highest BCUT2D eigenvalue weighted by molar-refractivity contribution is 6.35. The molecule has 0 radical (unpaired) electrons. The van der Waals surface area contributed by atoms with Gasteiger partial charge in [0.2, 0.25) is 0 Å². The van der Waals surface area contributed by atoms with Crippen molar-refractivity contribution in [1.29, 1.82) is 0 Å². The summed E-state index contributed by atoms with van der Waals surface area (Å²) in [6.45, 7) is 6.97. The Morgan fingerprint density at radius 2 is 1.71 bits per heavy atom. The van der Waals surface area contributed by atoms with Crippen LogP contribution in [0.3, 0.4) is 0 Å². The molecule has 0 amide bonds. The summed E-state index contributed by atoms with van der Waals surface area (Å²) >= 11 is 12.6. The van der Waals surface area contributed by atoms with Gasteiger partial charge in [0.05, 0.1) is 17.8 Å². The maximum absolute atomic E-state index is 6.49. The van der Waals surface area contributed by atoms with Crippen LogP contribution in [0.4, 0.5) is 5.69 Å². The lowest BCUT2D eigenvalue weighted by Gasteiger charge is -2.41. The van der Waals surface area contributed by atoms with Crippen LogP contribution in [0.1, 0.15) is 50.6 Å². The van der Waals surface area contributed by atoms with E-state index in [0.29, 0.717) is 10.0 Å². The molecule has 3 heterocycles. The molecule has 1 unspecified atom stereocenters. The normalized spacial score (nSPS) is 19.8. The van der Waals surface area contributed by atoms with Crippen molar-refractivity contribution >= 4 is 39.8 Å². The fourth-order valence-electron chi connectivity index (χ4n) is 5.28. The first kappa shape index (κ1) is 21.1. The molecule has 0 spiro atoms. The van der Waals surface area contributed by atoms with Crippen molar-refractivity contribution in [2.45, 2.75) is 51.1 Å². The summed E-state index contributed by atoms with van der Waals surface area (Å²) in [7, 11) is 0. The Balaban J connectivity index is 1.35. The minimum atomic E-state index is 0.0300. The number of likely N-dealkylation sites (tertiary alicyclic amines) is 1. The molecule has 0 saturated carbocycles. The zero-order chi connectivity index (χ0) is 21.4. The van der Waals surface area contributed by atoms with Crippen LogP contribution in [0.5, 0.6) is 0 Å². The maximum Gasteiger partial charge on any atom is 0.0761 e. The molecule has 2 saturated heterocycles. The average Bonchev–Trinajstić information content (AvgIpc) is 3.23. The van der Waals surface area contributed by atoms with Crippen molar-refractivity contribution in [1.82, 2.24) is 14.7 Å². The van der Waals surface area contributed by atoms with E-state index in [1.807, 2.05) is 18.3 Å². The van der Waals surface area contributed by atoms with Gasteiger partial charge >= 0.3 is 0 Å². The van der Waals surface area contributed by atoms with Crippen LogP contribution in [0.25, 0.3) is 10.9 Å². The lowest BCUT2D eigenvalue weighted by atomic mass is 9.99. The number of hydrogen-bond acceptors (Lipinski definition) is 3. The Kier molecular flexibility index (Phi) is 6.14. The van der Waals surface area contributed by atoms with Crippen molar-refractivity contribution < 1.29 is 0 Å². The van der Waals surface area contributed by atoms with E-state index in [-0.39, 0.29) is 6.04 Å². The van der Waals surface area contributed by atoms with Gasteiger partial charge in [-0.2, -0.15) is 5.10 Å². The monoisotopic (exact) mass is 456 g/mol. The largest absolute Gasteiger partial charge is 0.371 e. The van der Waals surface area contributed by atoms with Crippen LogP contribution >= 0.6 is 23.2 Å². The van der Waals surface area contributed by atoms with Crippen molar-refractivity contribution in [2.24, 2.45) is 0 Å².